The Labute approximate surface area is 108 Å². The van der Waals surface area contributed by atoms with E-state index < -0.39 is 0 Å². The molecule has 0 amide bonds. The van der Waals surface area contributed by atoms with E-state index in [2.05, 4.69) is 24.9 Å². The third kappa shape index (κ3) is 2.17. The van der Waals surface area contributed by atoms with Crippen LogP contribution in [0.15, 0.2) is 12.3 Å². The summed E-state index contributed by atoms with van der Waals surface area (Å²) in [4.78, 5) is 16.4. The molecular formula is C15H20N2O. The van der Waals surface area contributed by atoms with Gasteiger partial charge in [0.25, 0.3) is 0 Å². The summed E-state index contributed by atoms with van der Waals surface area (Å²) in [5, 5.41) is 0. The second-order valence-corrected chi connectivity index (χ2v) is 5.40. The summed E-state index contributed by atoms with van der Waals surface area (Å²) < 4.78 is 2.00. The highest BCUT2D eigenvalue weighted by Crippen LogP contribution is 2.22. The highest BCUT2D eigenvalue weighted by atomic mass is 16.1. The van der Waals surface area contributed by atoms with Crippen LogP contribution in [0.2, 0.25) is 0 Å². The third-order valence-corrected chi connectivity index (χ3v) is 3.11. The lowest BCUT2D eigenvalue weighted by atomic mass is 10.0. The van der Waals surface area contributed by atoms with Crippen LogP contribution < -0.4 is 0 Å². The van der Waals surface area contributed by atoms with Crippen LogP contribution in [0.3, 0.4) is 0 Å². The first-order chi connectivity index (χ1) is 8.40. The molecule has 0 saturated carbocycles. The predicted molar refractivity (Wildman–Crippen MR) is 73.2 cm³/mol. The molecule has 0 N–H and O–H groups in total. The van der Waals surface area contributed by atoms with Gasteiger partial charge in [0.15, 0.2) is 5.78 Å². The summed E-state index contributed by atoms with van der Waals surface area (Å²) in [6.45, 7) is 9.92. The van der Waals surface area contributed by atoms with E-state index in [4.69, 9.17) is 0 Å². The number of Topliss-reactive ketones (excluding diaryl/α,β-unsaturated/α-hetero) is 1. The minimum Gasteiger partial charge on any atom is -0.310 e. The quantitative estimate of drug-likeness (QED) is 0.776. The van der Waals surface area contributed by atoms with E-state index in [1.54, 1.807) is 6.92 Å². The van der Waals surface area contributed by atoms with Crippen molar-refractivity contribution in [3.05, 3.63) is 34.9 Å². The Kier molecular flexibility index (Phi) is 3.24. The van der Waals surface area contributed by atoms with Crippen LogP contribution in [0.4, 0.5) is 0 Å². The molecule has 0 aliphatic rings. The van der Waals surface area contributed by atoms with Gasteiger partial charge in [-0.3, -0.25) is 9.78 Å². The van der Waals surface area contributed by atoms with Crippen molar-refractivity contribution < 1.29 is 4.79 Å². The van der Waals surface area contributed by atoms with Crippen LogP contribution >= 0.6 is 0 Å². The lowest BCUT2D eigenvalue weighted by Crippen LogP contribution is -2.05. The first-order valence-corrected chi connectivity index (χ1v) is 6.39. The molecule has 0 radical (unpaired) electrons. The second-order valence-electron chi connectivity index (χ2n) is 5.40. The smallest absolute Gasteiger partial charge is 0.176 e. The van der Waals surface area contributed by atoms with Crippen molar-refractivity contribution in [3.63, 3.8) is 0 Å². The molecule has 2 aromatic heterocycles. The minimum absolute atomic E-state index is 0.121. The number of carbonyl (C=O) groups is 1. The Balaban J connectivity index is 2.75. The Morgan fingerprint density at radius 1 is 1.39 bits per heavy atom. The Morgan fingerprint density at radius 3 is 2.61 bits per heavy atom. The van der Waals surface area contributed by atoms with Crippen molar-refractivity contribution in [2.45, 2.75) is 41.0 Å². The van der Waals surface area contributed by atoms with E-state index in [-0.39, 0.29) is 5.78 Å². The lowest BCUT2D eigenvalue weighted by molar-refractivity contribution is 0.101. The van der Waals surface area contributed by atoms with Crippen molar-refractivity contribution in [2.75, 3.05) is 0 Å². The normalized spacial score (nSPS) is 11.4. The van der Waals surface area contributed by atoms with Gasteiger partial charge < -0.3 is 4.40 Å². The van der Waals surface area contributed by atoms with Gasteiger partial charge in [0, 0.05) is 13.1 Å². The molecule has 0 unspecified atom stereocenters. The predicted octanol–water partition coefficient (Wildman–Crippen LogP) is 3.35. The number of aryl methyl sites for hydroxylation is 2. The topological polar surface area (TPSA) is 34.4 Å². The molecule has 0 aromatic carbocycles. The average molecular weight is 244 g/mol. The monoisotopic (exact) mass is 244 g/mol. The zero-order valence-corrected chi connectivity index (χ0v) is 11.7. The molecule has 3 nitrogen and oxygen atoms in total. The molecular weight excluding hydrogens is 224 g/mol. The first kappa shape index (κ1) is 12.8. The summed E-state index contributed by atoms with van der Waals surface area (Å²) in [6.07, 6.45) is 2.87. The zero-order chi connectivity index (χ0) is 13.4. The van der Waals surface area contributed by atoms with Crippen LogP contribution in [-0.2, 0) is 6.42 Å². The molecule has 2 heterocycles. The number of rotatable bonds is 3. The molecule has 96 valence electrons. The van der Waals surface area contributed by atoms with Crippen LogP contribution in [0, 0.1) is 19.8 Å². The molecule has 2 rings (SSSR count). The molecule has 0 aliphatic heterocycles. The van der Waals surface area contributed by atoms with E-state index in [0.717, 1.165) is 34.6 Å². The fourth-order valence-corrected chi connectivity index (χ4v) is 2.52. The summed E-state index contributed by atoms with van der Waals surface area (Å²) in [5.74, 6) is 0.658. The van der Waals surface area contributed by atoms with Crippen LogP contribution in [0.5, 0.6) is 0 Å². The third-order valence-electron chi connectivity index (χ3n) is 3.11. The van der Waals surface area contributed by atoms with E-state index in [0.29, 0.717) is 5.92 Å². The van der Waals surface area contributed by atoms with Gasteiger partial charge in [-0.15, -0.1) is 0 Å². The highest BCUT2D eigenvalue weighted by molar-refractivity contribution is 5.95. The van der Waals surface area contributed by atoms with Crippen LogP contribution in [0.1, 0.15) is 48.2 Å². The molecule has 0 aliphatic carbocycles. The lowest BCUT2D eigenvalue weighted by Gasteiger charge is -2.06. The molecule has 0 spiro atoms. The molecule has 18 heavy (non-hydrogen) atoms. The zero-order valence-electron chi connectivity index (χ0n) is 11.7. The van der Waals surface area contributed by atoms with Gasteiger partial charge in [-0.1, -0.05) is 13.8 Å². The van der Waals surface area contributed by atoms with Crippen LogP contribution in [0.25, 0.3) is 5.52 Å². The molecule has 0 atom stereocenters. The Morgan fingerprint density at radius 2 is 2.06 bits per heavy atom. The second kappa shape index (κ2) is 4.56. The fraction of sp³-hybridized carbons (Fsp3) is 0.467. The van der Waals surface area contributed by atoms with Gasteiger partial charge in [0.1, 0.15) is 0 Å². The van der Waals surface area contributed by atoms with Crippen molar-refractivity contribution in [3.8, 4) is 0 Å². The van der Waals surface area contributed by atoms with Crippen molar-refractivity contribution in [1.29, 1.82) is 0 Å². The Bertz CT molecular complexity index is 608. The van der Waals surface area contributed by atoms with E-state index in [9.17, 15) is 4.79 Å². The maximum Gasteiger partial charge on any atom is 0.176 e. The number of hydrogen-bond donors (Lipinski definition) is 0. The SMILES string of the molecule is CC(=O)c1c(CC(C)C)cc2c(C)nc(C)cn12. The summed E-state index contributed by atoms with van der Waals surface area (Å²) in [7, 11) is 0. The average Bonchev–Trinajstić information content (AvgIpc) is 2.54. The van der Waals surface area contributed by atoms with Gasteiger partial charge in [-0.2, -0.15) is 0 Å². The van der Waals surface area contributed by atoms with E-state index in [1.807, 2.05) is 24.4 Å². The van der Waals surface area contributed by atoms with Crippen molar-refractivity contribution in [1.82, 2.24) is 9.38 Å². The number of hydrogen-bond acceptors (Lipinski definition) is 2. The van der Waals surface area contributed by atoms with Gasteiger partial charge in [0.2, 0.25) is 0 Å². The fourth-order valence-electron chi connectivity index (χ4n) is 2.52. The summed E-state index contributed by atoms with van der Waals surface area (Å²) in [6, 6.07) is 2.11. The maximum absolute atomic E-state index is 11.9. The maximum atomic E-state index is 11.9. The van der Waals surface area contributed by atoms with Gasteiger partial charge in [-0.05, 0) is 37.8 Å². The van der Waals surface area contributed by atoms with Gasteiger partial charge in [0.05, 0.1) is 22.6 Å². The number of nitrogens with zero attached hydrogens (tertiary/aromatic N) is 2. The van der Waals surface area contributed by atoms with Crippen molar-refractivity contribution >= 4 is 11.3 Å². The molecule has 0 saturated heterocycles. The number of ketones is 1. The molecule has 0 bridgehead atoms. The van der Waals surface area contributed by atoms with Gasteiger partial charge >= 0.3 is 0 Å². The van der Waals surface area contributed by atoms with Gasteiger partial charge in [-0.25, -0.2) is 0 Å². The minimum atomic E-state index is 0.121. The summed E-state index contributed by atoms with van der Waals surface area (Å²) in [5.41, 5.74) is 4.91. The Hall–Kier alpha value is -1.64. The standard InChI is InChI=1S/C15H20N2O/c1-9(2)6-13-7-14-11(4)16-10(3)8-17(14)15(13)12(5)18/h7-9H,6H2,1-5H3. The van der Waals surface area contributed by atoms with Crippen LogP contribution in [-0.4, -0.2) is 15.2 Å². The largest absolute Gasteiger partial charge is 0.310 e. The number of aromatic nitrogens is 2. The molecule has 0 fully saturated rings. The van der Waals surface area contributed by atoms with E-state index >= 15 is 0 Å². The van der Waals surface area contributed by atoms with E-state index in [1.165, 1.54) is 0 Å². The number of carbonyl (C=O) groups excluding carboxylic acids is 1. The molecule has 3 heteroatoms. The molecule has 2 aromatic rings. The highest BCUT2D eigenvalue weighted by Gasteiger charge is 2.16. The number of fused-ring (bicyclic) bond motifs is 1. The first-order valence-electron chi connectivity index (χ1n) is 6.39. The van der Waals surface area contributed by atoms with Crippen molar-refractivity contribution in [2.24, 2.45) is 5.92 Å². The summed E-state index contributed by atoms with van der Waals surface area (Å²) >= 11 is 0.